The highest BCUT2D eigenvalue weighted by atomic mass is 19.1. The van der Waals surface area contributed by atoms with Gasteiger partial charge in [-0.25, -0.2) is 13.6 Å². The first kappa shape index (κ1) is 15.9. The van der Waals surface area contributed by atoms with E-state index < -0.39 is 29.6 Å². The molecule has 0 aliphatic heterocycles. The third-order valence-corrected chi connectivity index (χ3v) is 2.53. The zero-order valence-corrected chi connectivity index (χ0v) is 11.2. The van der Waals surface area contributed by atoms with Crippen molar-refractivity contribution in [2.45, 2.75) is 26.3 Å². The van der Waals surface area contributed by atoms with E-state index in [1.165, 1.54) is 0 Å². The quantitative estimate of drug-likeness (QED) is 0.773. The number of nitrogens with one attached hydrogen (secondary N) is 2. The number of hydrogen-bond donors (Lipinski definition) is 3. The monoisotopic (exact) mass is 285 g/mol. The Morgan fingerprint density at radius 1 is 1.30 bits per heavy atom. The van der Waals surface area contributed by atoms with E-state index in [1.54, 1.807) is 0 Å². The van der Waals surface area contributed by atoms with Crippen LogP contribution in [0.1, 0.15) is 20.3 Å². The summed E-state index contributed by atoms with van der Waals surface area (Å²) in [5, 5.41) is 4.59. The molecule has 0 heterocycles. The van der Waals surface area contributed by atoms with E-state index in [-0.39, 0.29) is 11.6 Å². The maximum Gasteiger partial charge on any atom is 0.312 e. The van der Waals surface area contributed by atoms with Crippen molar-refractivity contribution in [2.24, 2.45) is 11.7 Å². The molecule has 1 rings (SSSR count). The lowest BCUT2D eigenvalue weighted by Gasteiger charge is -2.19. The minimum absolute atomic E-state index is 0.121. The molecular weight excluding hydrogens is 268 g/mol. The summed E-state index contributed by atoms with van der Waals surface area (Å²) in [6.45, 7) is 3.73. The van der Waals surface area contributed by atoms with Gasteiger partial charge < -0.3 is 16.4 Å². The van der Waals surface area contributed by atoms with Crippen molar-refractivity contribution >= 4 is 17.6 Å². The number of amides is 3. The number of halogens is 2. The van der Waals surface area contributed by atoms with Crippen molar-refractivity contribution in [2.75, 3.05) is 5.32 Å². The van der Waals surface area contributed by atoms with Gasteiger partial charge in [-0.05, 0) is 24.5 Å². The predicted molar refractivity (Wildman–Crippen MR) is 70.9 cm³/mol. The van der Waals surface area contributed by atoms with Crippen molar-refractivity contribution in [3.05, 3.63) is 29.8 Å². The van der Waals surface area contributed by atoms with Crippen LogP contribution in [-0.2, 0) is 4.79 Å². The summed E-state index contributed by atoms with van der Waals surface area (Å²) >= 11 is 0. The fourth-order valence-corrected chi connectivity index (χ4v) is 1.69. The van der Waals surface area contributed by atoms with Gasteiger partial charge in [-0.2, -0.15) is 0 Å². The molecule has 1 aromatic carbocycles. The van der Waals surface area contributed by atoms with Crippen LogP contribution < -0.4 is 16.4 Å². The van der Waals surface area contributed by atoms with Gasteiger partial charge in [-0.3, -0.25) is 4.79 Å². The first-order valence-electron chi connectivity index (χ1n) is 6.11. The summed E-state index contributed by atoms with van der Waals surface area (Å²) in [7, 11) is 0. The molecule has 1 unspecified atom stereocenters. The van der Waals surface area contributed by atoms with E-state index in [9.17, 15) is 18.4 Å². The Morgan fingerprint density at radius 3 is 2.45 bits per heavy atom. The third kappa shape index (κ3) is 4.83. The van der Waals surface area contributed by atoms with Crippen LogP contribution in [0.25, 0.3) is 0 Å². The lowest BCUT2D eigenvalue weighted by atomic mass is 10.0. The molecule has 0 spiro atoms. The van der Waals surface area contributed by atoms with Gasteiger partial charge in [0.25, 0.3) is 0 Å². The van der Waals surface area contributed by atoms with Crippen LogP contribution >= 0.6 is 0 Å². The van der Waals surface area contributed by atoms with Crippen LogP contribution in [0.15, 0.2) is 18.2 Å². The minimum Gasteiger partial charge on any atom is -0.352 e. The number of benzene rings is 1. The number of anilines is 1. The molecule has 110 valence electrons. The summed E-state index contributed by atoms with van der Waals surface area (Å²) in [6, 6.07) is 1.08. The first-order chi connectivity index (χ1) is 9.29. The Balaban J connectivity index is 2.81. The first-order valence-corrected chi connectivity index (χ1v) is 6.11. The summed E-state index contributed by atoms with van der Waals surface area (Å²) in [5.74, 6) is -2.12. The number of carbonyl (C=O) groups is 2. The second kappa shape index (κ2) is 6.83. The topological polar surface area (TPSA) is 84.2 Å². The van der Waals surface area contributed by atoms with Crippen LogP contribution in [-0.4, -0.2) is 18.0 Å². The van der Waals surface area contributed by atoms with E-state index in [4.69, 9.17) is 5.73 Å². The van der Waals surface area contributed by atoms with Crippen LogP contribution in [0, 0.1) is 17.6 Å². The Bertz CT molecular complexity index is 506. The molecule has 1 atom stereocenters. The summed E-state index contributed by atoms with van der Waals surface area (Å²) in [5.41, 5.74) is 4.84. The van der Waals surface area contributed by atoms with Gasteiger partial charge >= 0.3 is 6.03 Å². The summed E-state index contributed by atoms with van der Waals surface area (Å²) in [6.07, 6.45) is 0.345. The normalized spacial score (nSPS) is 12.1. The fourth-order valence-electron chi connectivity index (χ4n) is 1.69. The van der Waals surface area contributed by atoms with Gasteiger partial charge in [-0.15, -0.1) is 0 Å². The second-order valence-corrected chi connectivity index (χ2v) is 4.80. The number of hydrogen-bond acceptors (Lipinski definition) is 2. The second-order valence-electron chi connectivity index (χ2n) is 4.80. The Kier molecular flexibility index (Phi) is 5.42. The molecule has 5 nitrogen and oxygen atoms in total. The Morgan fingerprint density at radius 2 is 1.95 bits per heavy atom. The molecule has 1 aromatic rings. The highest BCUT2D eigenvalue weighted by molar-refractivity contribution is 5.96. The average Bonchev–Trinajstić information content (AvgIpc) is 2.30. The zero-order chi connectivity index (χ0) is 15.3. The number of urea groups is 1. The molecule has 0 saturated carbocycles. The maximum absolute atomic E-state index is 13.4. The van der Waals surface area contributed by atoms with E-state index in [0.29, 0.717) is 12.5 Å². The van der Waals surface area contributed by atoms with Crippen molar-refractivity contribution < 1.29 is 18.4 Å². The number of carbonyl (C=O) groups excluding carboxylic acids is 2. The highest BCUT2D eigenvalue weighted by Gasteiger charge is 2.22. The number of rotatable bonds is 5. The molecule has 7 heteroatoms. The standard InChI is InChI=1S/C13H17F2N3O2/c1-7(2)5-11(18-13(16)20)12(19)17-10-4-3-8(14)6-9(10)15/h3-4,6-7,11H,5H2,1-2H3,(H,17,19)(H3,16,18,20). The van der Waals surface area contributed by atoms with Crippen molar-refractivity contribution in [3.8, 4) is 0 Å². The van der Waals surface area contributed by atoms with Crippen molar-refractivity contribution in [1.29, 1.82) is 0 Å². The largest absolute Gasteiger partial charge is 0.352 e. The van der Waals surface area contributed by atoms with Crippen LogP contribution in [0.3, 0.4) is 0 Å². The molecule has 0 aliphatic rings. The lowest BCUT2D eigenvalue weighted by molar-refractivity contribution is -0.118. The van der Waals surface area contributed by atoms with Gasteiger partial charge in [0, 0.05) is 6.07 Å². The van der Waals surface area contributed by atoms with Gasteiger partial charge in [-0.1, -0.05) is 13.8 Å². The van der Waals surface area contributed by atoms with Gasteiger partial charge in [0.15, 0.2) is 0 Å². The Labute approximate surface area is 115 Å². The minimum atomic E-state index is -0.888. The number of primary amides is 1. The molecule has 0 radical (unpaired) electrons. The zero-order valence-electron chi connectivity index (χ0n) is 11.2. The van der Waals surface area contributed by atoms with Crippen molar-refractivity contribution in [1.82, 2.24) is 5.32 Å². The average molecular weight is 285 g/mol. The lowest BCUT2D eigenvalue weighted by Crippen LogP contribution is -2.46. The molecule has 0 fully saturated rings. The predicted octanol–water partition coefficient (Wildman–Crippen LogP) is 1.99. The Hall–Kier alpha value is -2.18. The van der Waals surface area contributed by atoms with Crippen LogP contribution in [0.2, 0.25) is 0 Å². The third-order valence-electron chi connectivity index (χ3n) is 2.53. The highest BCUT2D eigenvalue weighted by Crippen LogP contribution is 2.16. The van der Waals surface area contributed by atoms with Crippen LogP contribution in [0.5, 0.6) is 0 Å². The SMILES string of the molecule is CC(C)CC(NC(N)=O)C(=O)Nc1ccc(F)cc1F. The number of nitrogens with two attached hydrogens (primary N) is 1. The van der Waals surface area contributed by atoms with Crippen molar-refractivity contribution in [3.63, 3.8) is 0 Å². The van der Waals surface area contributed by atoms with E-state index in [2.05, 4.69) is 10.6 Å². The molecule has 0 bridgehead atoms. The van der Waals surface area contributed by atoms with E-state index in [1.807, 2.05) is 13.8 Å². The van der Waals surface area contributed by atoms with Gasteiger partial charge in [0.1, 0.15) is 17.7 Å². The van der Waals surface area contributed by atoms with E-state index >= 15 is 0 Å². The smallest absolute Gasteiger partial charge is 0.312 e. The summed E-state index contributed by atoms with van der Waals surface area (Å²) in [4.78, 5) is 22.8. The van der Waals surface area contributed by atoms with Gasteiger partial charge in [0.05, 0.1) is 5.69 Å². The fraction of sp³-hybridized carbons (Fsp3) is 0.385. The van der Waals surface area contributed by atoms with E-state index in [0.717, 1.165) is 12.1 Å². The maximum atomic E-state index is 13.4. The van der Waals surface area contributed by atoms with Crippen LogP contribution in [0.4, 0.5) is 19.3 Å². The molecule has 20 heavy (non-hydrogen) atoms. The molecule has 4 N–H and O–H groups in total. The van der Waals surface area contributed by atoms with Gasteiger partial charge in [0.2, 0.25) is 5.91 Å². The summed E-state index contributed by atoms with van der Waals surface area (Å²) < 4.78 is 26.2. The molecule has 0 saturated heterocycles. The molecular formula is C13H17F2N3O2. The molecule has 0 aliphatic carbocycles. The molecule has 3 amide bonds. The molecule has 0 aromatic heterocycles.